The lowest BCUT2D eigenvalue weighted by atomic mass is 10.1. The summed E-state index contributed by atoms with van der Waals surface area (Å²) < 4.78 is 5.65. The molecule has 1 N–H and O–H groups in total. The smallest absolute Gasteiger partial charge is 0.261 e. The first-order chi connectivity index (χ1) is 13.0. The summed E-state index contributed by atoms with van der Waals surface area (Å²) in [6.07, 6.45) is 0.952. The molecule has 27 heavy (non-hydrogen) atoms. The number of benzene rings is 2. The molecule has 0 aliphatic carbocycles. The second-order valence-electron chi connectivity index (χ2n) is 6.36. The zero-order chi connectivity index (χ0) is 19.6. The van der Waals surface area contributed by atoms with E-state index in [1.807, 2.05) is 61.5 Å². The van der Waals surface area contributed by atoms with Crippen LogP contribution in [0, 0.1) is 0 Å². The normalized spacial score (nSPS) is 11.5. The summed E-state index contributed by atoms with van der Waals surface area (Å²) in [5, 5.41) is 2.78. The van der Waals surface area contributed by atoms with Crippen molar-refractivity contribution in [3.05, 3.63) is 65.7 Å². The summed E-state index contributed by atoms with van der Waals surface area (Å²) in [5.74, 6) is 0.247. The summed E-state index contributed by atoms with van der Waals surface area (Å²) in [6.45, 7) is 6.46. The minimum Gasteiger partial charge on any atom is -0.484 e. The van der Waals surface area contributed by atoms with Gasteiger partial charge in [0.2, 0.25) is 5.91 Å². The molecule has 2 aromatic rings. The molecule has 0 aliphatic heterocycles. The SMILES string of the molecule is CCNC(=O)[C@H](C)N(Cc1ccccc1)C(=O)COc1ccc(CC)cc1. The van der Waals surface area contributed by atoms with E-state index in [1.165, 1.54) is 5.56 Å². The van der Waals surface area contributed by atoms with Gasteiger partial charge in [0, 0.05) is 13.1 Å². The minimum atomic E-state index is -0.580. The van der Waals surface area contributed by atoms with Crippen LogP contribution in [-0.4, -0.2) is 35.9 Å². The average molecular weight is 368 g/mol. The van der Waals surface area contributed by atoms with Crippen LogP contribution in [0.3, 0.4) is 0 Å². The van der Waals surface area contributed by atoms with Crippen LogP contribution in [0.1, 0.15) is 31.9 Å². The van der Waals surface area contributed by atoms with Gasteiger partial charge in [-0.15, -0.1) is 0 Å². The van der Waals surface area contributed by atoms with E-state index in [1.54, 1.807) is 11.8 Å². The van der Waals surface area contributed by atoms with Gasteiger partial charge >= 0.3 is 0 Å². The summed E-state index contributed by atoms with van der Waals surface area (Å²) in [6, 6.07) is 16.8. The molecule has 0 unspecified atom stereocenters. The van der Waals surface area contributed by atoms with Crippen LogP contribution < -0.4 is 10.1 Å². The van der Waals surface area contributed by atoms with E-state index < -0.39 is 6.04 Å². The number of hydrogen-bond acceptors (Lipinski definition) is 3. The monoisotopic (exact) mass is 368 g/mol. The molecule has 2 amide bonds. The highest BCUT2D eigenvalue weighted by atomic mass is 16.5. The van der Waals surface area contributed by atoms with Gasteiger partial charge in [0.1, 0.15) is 11.8 Å². The Kier molecular flexibility index (Phi) is 7.86. The predicted molar refractivity (Wildman–Crippen MR) is 106 cm³/mol. The van der Waals surface area contributed by atoms with E-state index in [4.69, 9.17) is 4.74 Å². The molecule has 2 rings (SSSR count). The van der Waals surface area contributed by atoms with Crippen LogP contribution in [0.25, 0.3) is 0 Å². The molecule has 2 aromatic carbocycles. The second-order valence-corrected chi connectivity index (χ2v) is 6.36. The van der Waals surface area contributed by atoms with Gasteiger partial charge in [0.05, 0.1) is 0 Å². The quantitative estimate of drug-likeness (QED) is 0.740. The summed E-state index contributed by atoms with van der Waals surface area (Å²) >= 11 is 0. The third kappa shape index (κ3) is 6.13. The van der Waals surface area contributed by atoms with Crippen LogP contribution in [0.2, 0.25) is 0 Å². The van der Waals surface area contributed by atoms with Crippen molar-refractivity contribution in [2.75, 3.05) is 13.2 Å². The second kappa shape index (κ2) is 10.4. The van der Waals surface area contributed by atoms with Crippen molar-refractivity contribution in [3.8, 4) is 5.75 Å². The van der Waals surface area contributed by atoms with Gasteiger partial charge in [0.25, 0.3) is 5.91 Å². The number of nitrogens with one attached hydrogen (secondary N) is 1. The van der Waals surface area contributed by atoms with Gasteiger partial charge in [-0.05, 0) is 43.5 Å². The molecule has 0 radical (unpaired) electrons. The number of likely N-dealkylation sites (N-methyl/N-ethyl adjacent to an activating group) is 1. The lowest BCUT2D eigenvalue weighted by Gasteiger charge is -2.28. The predicted octanol–water partition coefficient (Wildman–Crippen LogP) is 3.18. The molecule has 0 saturated heterocycles. The van der Waals surface area contributed by atoms with E-state index in [2.05, 4.69) is 12.2 Å². The average Bonchev–Trinajstić information content (AvgIpc) is 2.71. The zero-order valence-corrected chi connectivity index (χ0v) is 16.3. The highest BCUT2D eigenvalue weighted by Gasteiger charge is 2.26. The molecule has 0 saturated carbocycles. The maximum absolute atomic E-state index is 12.8. The standard InChI is InChI=1S/C22H28N2O3/c1-4-18-11-13-20(14-12-18)27-16-21(25)24(17(3)22(26)23-5-2)15-19-9-7-6-8-10-19/h6-14,17H,4-5,15-16H2,1-3H3,(H,23,26)/t17-/m0/s1. The van der Waals surface area contributed by atoms with Crippen molar-refractivity contribution in [2.24, 2.45) is 0 Å². The lowest BCUT2D eigenvalue weighted by Crippen LogP contribution is -2.49. The summed E-state index contributed by atoms with van der Waals surface area (Å²) in [7, 11) is 0. The van der Waals surface area contributed by atoms with Gasteiger partial charge in [-0.1, -0.05) is 49.4 Å². The maximum atomic E-state index is 12.8. The van der Waals surface area contributed by atoms with Gasteiger partial charge in [-0.2, -0.15) is 0 Å². The van der Waals surface area contributed by atoms with Crippen LogP contribution in [0.5, 0.6) is 5.75 Å². The van der Waals surface area contributed by atoms with Crippen molar-refractivity contribution in [3.63, 3.8) is 0 Å². The van der Waals surface area contributed by atoms with Crippen LogP contribution in [0.4, 0.5) is 0 Å². The Morgan fingerprint density at radius 2 is 1.67 bits per heavy atom. The van der Waals surface area contributed by atoms with Crippen molar-refractivity contribution < 1.29 is 14.3 Å². The molecule has 0 bridgehead atoms. The molecule has 0 aliphatic rings. The van der Waals surface area contributed by atoms with Gasteiger partial charge in [0.15, 0.2) is 6.61 Å². The Morgan fingerprint density at radius 3 is 2.26 bits per heavy atom. The fourth-order valence-electron chi connectivity index (χ4n) is 2.73. The van der Waals surface area contributed by atoms with Crippen LogP contribution in [-0.2, 0) is 22.6 Å². The number of rotatable bonds is 9. The molecule has 0 aromatic heterocycles. The van der Waals surface area contributed by atoms with Crippen LogP contribution in [0.15, 0.2) is 54.6 Å². The Balaban J connectivity index is 2.07. The third-order valence-electron chi connectivity index (χ3n) is 4.41. The third-order valence-corrected chi connectivity index (χ3v) is 4.41. The zero-order valence-electron chi connectivity index (χ0n) is 16.3. The molecule has 144 valence electrons. The molecule has 0 heterocycles. The van der Waals surface area contributed by atoms with E-state index in [9.17, 15) is 9.59 Å². The van der Waals surface area contributed by atoms with E-state index in [-0.39, 0.29) is 18.4 Å². The van der Waals surface area contributed by atoms with Crippen molar-refractivity contribution >= 4 is 11.8 Å². The number of amides is 2. The first-order valence-electron chi connectivity index (χ1n) is 9.38. The molecule has 5 heteroatoms. The highest BCUT2D eigenvalue weighted by Crippen LogP contribution is 2.14. The number of ether oxygens (including phenoxy) is 1. The van der Waals surface area contributed by atoms with E-state index in [0.29, 0.717) is 18.8 Å². The van der Waals surface area contributed by atoms with Crippen molar-refractivity contribution in [1.29, 1.82) is 0 Å². The maximum Gasteiger partial charge on any atom is 0.261 e. The number of carbonyl (C=O) groups excluding carboxylic acids is 2. The summed E-state index contributed by atoms with van der Waals surface area (Å²) in [4.78, 5) is 26.6. The molecular formula is C22H28N2O3. The largest absolute Gasteiger partial charge is 0.484 e. The van der Waals surface area contributed by atoms with Gasteiger partial charge in [-0.25, -0.2) is 0 Å². The summed E-state index contributed by atoms with van der Waals surface area (Å²) in [5.41, 5.74) is 2.18. The number of hydrogen-bond donors (Lipinski definition) is 1. The van der Waals surface area contributed by atoms with E-state index >= 15 is 0 Å². The highest BCUT2D eigenvalue weighted by molar-refractivity contribution is 5.87. The first-order valence-corrected chi connectivity index (χ1v) is 9.38. The fourth-order valence-corrected chi connectivity index (χ4v) is 2.73. The Labute approximate surface area is 161 Å². The number of carbonyl (C=O) groups is 2. The fraction of sp³-hybridized carbons (Fsp3) is 0.364. The van der Waals surface area contributed by atoms with Gasteiger partial charge < -0.3 is 15.0 Å². The Hall–Kier alpha value is -2.82. The number of nitrogens with zero attached hydrogens (tertiary/aromatic N) is 1. The molecule has 0 spiro atoms. The van der Waals surface area contributed by atoms with Gasteiger partial charge in [-0.3, -0.25) is 9.59 Å². The molecular weight excluding hydrogens is 340 g/mol. The molecule has 1 atom stereocenters. The topological polar surface area (TPSA) is 58.6 Å². The lowest BCUT2D eigenvalue weighted by molar-refractivity contribution is -0.142. The van der Waals surface area contributed by atoms with E-state index in [0.717, 1.165) is 12.0 Å². The first kappa shape index (κ1) is 20.5. The Morgan fingerprint density at radius 1 is 1.00 bits per heavy atom. The molecule has 5 nitrogen and oxygen atoms in total. The number of aryl methyl sites for hydroxylation is 1. The Bertz CT molecular complexity index is 729. The molecule has 0 fully saturated rings. The van der Waals surface area contributed by atoms with Crippen molar-refractivity contribution in [1.82, 2.24) is 10.2 Å². The van der Waals surface area contributed by atoms with Crippen molar-refractivity contribution in [2.45, 2.75) is 39.8 Å². The van der Waals surface area contributed by atoms with Crippen LogP contribution >= 0.6 is 0 Å². The minimum absolute atomic E-state index is 0.109.